The highest BCUT2D eigenvalue weighted by Crippen LogP contribution is 2.21. The molecule has 1 amide bonds. The van der Waals surface area contributed by atoms with Crippen molar-refractivity contribution >= 4 is 11.6 Å². The number of anilines is 1. The molecule has 0 fully saturated rings. The van der Waals surface area contributed by atoms with Crippen LogP contribution < -0.4 is 10.9 Å². The third kappa shape index (κ3) is 3.55. The van der Waals surface area contributed by atoms with Crippen LogP contribution in [-0.2, 0) is 9.53 Å². The molecule has 0 bridgehead atoms. The van der Waals surface area contributed by atoms with Crippen LogP contribution in [-0.4, -0.2) is 29.3 Å². The maximum atomic E-state index is 11.7. The fourth-order valence-corrected chi connectivity index (χ4v) is 1.85. The molecule has 2 N–H and O–H groups in total. The van der Waals surface area contributed by atoms with Crippen LogP contribution in [0.25, 0.3) is 11.3 Å². The lowest BCUT2D eigenvalue weighted by Crippen LogP contribution is -2.26. The number of nitrogens with zero attached hydrogens (tertiary/aromatic N) is 1. The molecule has 110 valence electrons. The van der Waals surface area contributed by atoms with Crippen molar-refractivity contribution in [1.29, 1.82) is 0 Å². The van der Waals surface area contributed by atoms with Crippen LogP contribution in [0.4, 0.5) is 5.69 Å². The highest BCUT2D eigenvalue weighted by molar-refractivity contribution is 5.94. The minimum Gasteiger partial charge on any atom is -0.372 e. The second kappa shape index (κ2) is 6.32. The van der Waals surface area contributed by atoms with Gasteiger partial charge in [0, 0.05) is 24.4 Å². The van der Waals surface area contributed by atoms with Gasteiger partial charge in [0.25, 0.3) is 11.5 Å². The first-order valence-corrected chi connectivity index (χ1v) is 6.51. The number of H-pyrrole nitrogens is 1. The van der Waals surface area contributed by atoms with Gasteiger partial charge in [0.15, 0.2) is 0 Å². The summed E-state index contributed by atoms with van der Waals surface area (Å²) >= 11 is 0. The number of carbonyl (C=O) groups excluding carboxylic acids is 1. The van der Waals surface area contributed by atoms with Crippen LogP contribution >= 0.6 is 0 Å². The summed E-state index contributed by atoms with van der Waals surface area (Å²) in [7, 11) is 1.48. The van der Waals surface area contributed by atoms with Gasteiger partial charge in [0.05, 0.1) is 5.69 Å². The molecular weight excluding hydrogens is 270 g/mol. The molecule has 6 nitrogen and oxygen atoms in total. The monoisotopic (exact) mass is 287 g/mol. The molecule has 1 unspecified atom stereocenters. The van der Waals surface area contributed by atoms with E-state index in [1.165, 1.54) is 13.2 Å². The Balaban J connectivity index is 2.19. The van der Waals surface area contributed by atoms with Crippen LogP contribution in [0.15, 0.2) is 35.1 Å². The summed E-state index contributed by atoms with van der Waals surface area (Å²) in [6.07, 6.45) is -0.507. The highest BCUT2D eigenvalue weighted by atomic mass is 16.5. The first-order chi connectivity index (χ1) is 10.0. The molecule has 0 radical (unpaired) electrons. The zero-order valence-corrected chi connectivity index (χ0v) is 12.1. The summed E-state index contributed by atoms with van der Waals surface area (Å²) in [5, 5.41) is 9.20. The van der Waals surface area contributed by atoms with Crippen molar-refractivity contribution in [2.45, 2.75) is 20.0 Å². The Morgan fingerprint density at radius 1 is 1.33 bits per heavy atom. The van der Waals surface area contributed by atoms with Gasteiger partial charge in [-0.05, 0) is 31.5 Å². The number of hydrogen-bond acceptors (Lipinski definition) is 4. The molecule has 2 rings (SSSR count). The van der Waals surface area contributed by atoms with E-state index in [0.29, 0.717) is 11.4 Å². The molecule has 2 aromatic rings. The van der Waals surface area contributed by atoms with Gasteiger partial charge in [-0.2, -0.15) is 5.10 Å². The van der Waals surface area contributed by atoms with Gasteiger partial charge in [0.2, 0.25) is 0 Å². The zero-order chi connectivity index (χ0) is 15.4. The van der Waals surface area contributed by atoms with E-state index < -0.39 is 6.10 Å². The number of aryl methyl sites for hydroxylation is 1. The molecule has 0 aliphatic rings. The Labute approximate surface area is 122 Å². The number of amides is 1. The smallest absolute Gasteiger partial charge is 0.264 e. The van der Waals surface area contributed by atoms with Gasteiger partial charge in [-0.25, -0.2) is 5.10 Å². The van der Waals surface area contributed by atoms with Crippen molar-refractivity contribution in [3.05, 3.63) is 46.2 Å². The lowest BCUT2D eigenvalue weighted by Gasteiger charge is -2.11. The lowest BCUT2D eigenvalue weighted by atomic mass is 10.1. The first kappa shape index (κ1) is 14.9. The van der Waals surface area contributed by atoms with Crippen LogP contribution in [0.3, 0.4) is 0 Å². The Bertz CT molecular complexity index is 692. The molecule has 6 heteroatoms. The molecule has 0 saturated heterocycles. The number of methoxy groups -OCH3 is 1. The first-order valence-electron chi connectivity index (χ1n) is 6.51. The largest absolute Gasteiger partial charge is 0.372 e. The summed E-state index contributed by atoms with van der Waals surface area (Å²) < 4.78 is 4.95. The predicted octanol–water partition coefficient (Wildman–Crippen LogP) is 1.72. The topological polar surface area (TPSA) is 84.1 Å². The Kier molecular flexibility index (Phi) is 4.49. The second-order valence-electron chi connectivity index (χ2n) is 4.71. The summed E-state index contributed by atoms with van der Waals surface area (Å²) in [4.78, 5) is 22.9. The van der Waals surface area contributed by atoms with Crippen LogP contribution in [0, 0.1) is 6.92 Å². The van der Waals surface area contributed by atoms with E-state index in [1.54, 1.807) is 19.1 Å². The molecule has 0 spiro atoms. The summed E-state index contributed by atoms with van der Waals surface area (Å²) in [6.45, 7) is 3.50. The summed E-state index contributed by atoms with van der Waals surface area (Å²) in [5.41, 5.74) is 2.81. The fourth-order valence-electron chi connectivity index (χ4n) is 1.85. The lowest BCUT2D eigenvalue weighted by molar-refractivity contribution is -0.124. The van der Waals surface area contributed by atoms with Crippen molar-refractivity contribution < 1.29 is 9.53 Å². The average Bonchev–Trinajstić information content (AvgIpc) is 2.47. The highest BCUT2D eigenvalue weighted by Gasteiger charge is 2.11. The maximum absolute atomic E-state index is 11.7. The summed E-state index contributed by atoms with van der Waals surface area (Å²) in [5.74, 6) is -0.205. The molecule has 1 atom stereocenters. The van der Waals surface area contributed by atoms with Gasteiger partial charge in [-0.1, -0.05) is 12.1 Å². The van der Waals surface area contributed by atoms with Crippen molar-refractivity contribution in [1.82, 2.24) is 10.2 Å². The minimum atomic E-state index is -0.507. The van der Waals surface area contributed by atoms with E-state index in [2.05, 4.69) is 15.5 Å². The Morgan fingerprint density at radius 2 is 2.00 bits per heavy atom. The van der Waals surface area contributed by atoms with Crippen LogP contribution in [0.2, 0.25) is 0 Å². The third-order valence-electron chi connectivity index (χ3n) is 3.15. The average molecular weight is 287 g/mol. The van der Waals surface area contributed by atoms with E-state index in [-0.39, 0.29) is 11.5 Å². The van der Waals surface area contributed by atoms with E-state index >= 15 is 0 Å². The second-order valence-corrected chi connectivity index (χ2v) is 4.71. The molecule has 1 aromatic carbocycles. The molecule has 0 aliphatic heterocycles. The number of aromatic nitrogens is 2. The number of ether oxygens (including phenoxy) is 1. The SMILES string of the molecule is COC(C)C(=O)Nc1ccc(-c2n[nH]c(=O)cc2C)cc1. The third-order valence-corrected chi connectivity index (χ3v) is 3.15. The van der Waals surface area contributed by atoms with Crippen molar-refractivity contribution in [3.63, 3.8) is 0 Å². The number of hydrogen-bond donors (Lipinski definition) is 2. The van der Waals surface area contributed by atoms with Crippen LogP contribution in [0.1, 0.15) is 12.5 Å². The van der Waals surface area contributed by atoms with Crippen molar-refractivity contribution in [2.75, 3.05) is 12.4 Å². The van der Waals surface area contributed by atoms with Gasteiger partial charge in [0.1, 0.15) is 6.10 Å². The number of rotatable bonds is 4. The van der Waals surface area contributed by atoms with Crippen molar-refractivity contribution in [2.24, 2.45) is 0 Å². The van der Waals surface area contributed by atoms with E-state index in [9.17, 15) is 9.59 Å². The quantitative estimate of drug-likeness (QED) is 0.896. The number of aromatic amines is 1. The normalized spacial score (nSPS) is 12.0. The van der Waals surface area contributed by atoms with Gasteiger partial charge >= 0.3 is 0 Å². The van der Waals surface area contributed by atoms with Crippen molar-refractivity contribution in [3.8, 4) is 11.3 Å². The number of benzene rings is 1. The van der Waals surface area contributed by atoms with Gasteiger partial charge in [-0.3, -0.25) is 9.59 Å². The minimum absolute atomic E-state index is 0.205. The van der Waals surface area contributed by atoms with Crippen LogP contribution in [0.5, 0.6) is 0 Å². The standard InChI is InChI=1S/C15H17N3O3/c1-9-8-13(19)17-18-14(9)11-4-6-12(7-5-11)16-15(20)10(2)21-3/h4-8,10H,1-3H3,(H,16,20)(H,17,19). The fraction of sp³-hybridized carbons (Fsp3) is 0.267. The van der Waals surface area contributed by atoms with E-state index in [0.717, 1.165) is 11.1 Å². The Hall–Kier alpha value is -2.47. The maximum Gasteiger partial charge on any atom is 0.264 e. The van der Waals surface area contributed by atoms with Gasteiger partial charge < -0.3 is 10.1 Å². The molecule has 1 aromatic heterocycles. The molecule has 0 aliphatic carbocycles. The number of carbonyl (C=O) groups is 1. The van der Waals surface area contributed by atoms with Gasteiger partial charge in [-0.15, -0.1) is 0 Å². The molecule has 21 heavy (non-hydrogen) atoms. The molecule has 0 saturated carbocycles. The van der Waals surface area contributed by atoms with E-state index in [4.69, 9.17) is 4.74 Å². The molecule has 1 heterocycles. The Morgan fingerprint density at radius 3 is 2.57 bits per heavy atom. The molecular formula is C15H17N3O3. The predicted molar refractivity (Wildman–Crippen MR) is 80.1 cm³/mol. The van der Waals surface area contributed by atoms with E-state index in [1.807, 2.05) is 19.1 Å². The summed E-state index contributed by atoms with van der Waals surface area (Å²) in [6, 6.07) is 8.73. The zero-order valence-electron chi connectivity index (χ0n) is 12.1. The number of nitrogens with one attached hydrogen (secondary N) is 2.